The number of carbonyl (C=O) groups is 3. The van der Waals surface area contributed by atoms with Crippen molar-refractivity contribution in [2.45, 2.75) is 50.5 Å². The Morgan fingerprint density at radius 3 is 2.26 bits per heavy atom. The van der Waals surface area contributed by atoms with Crippen LogP contribution in [-0.4, -0.2) is 77.2 Å². The van der Waals surface area contributed by atoms with Gasteiger partial charge in [0, 0.05) is 55.4 Å². The second kappa shape index (κ2) is 8.26. The van der Waals surface area contributed by atoms with Crippen molar-refractivity contribution in [3.8, 4) is 0 Å². The highest BCUT2D eigenvalue weighted by Crippen LogP contribution is 2.39. The van der Waals surface area contributed by atoms with Crippen LogP contribution in [0.4, 0.5) is 5.69 Å². The van der Waals surface area contributed by atoms with Gasteiger partial charge in [0.15, 0.2) is 0 Å². The van der Waals surface area contributed by atoms with Crippen molar-refractivity contribution in [2.75, 3.05) is 44.6 Å². The van der Waals surface area contributed by atoms with Crippen molar-refractivity contribution in [2.24, 2.45) is 5.92 Å². The Morgan fingerprint density at radius 2 is 1.61 bits per heavy atom. The highest BCUT2D eigenvalue weighted by Gasteiger charge is 2.48. The normalized spacial score (nSPS) is 26.1. The summed E-state index contributed by atoms with van der Waals surface area (Å²) in [6.07, 6.45) is 7.24. The van der Waals surface area contributed by atoms with E-state index >= 15 is 0 Å². The van der Waals surface area contributed by atoms with E-state index in [-0.39, 0.29) is 29.2 Å². The van der Waals surface area contributed by atoms with Gasteiger partial charge >= 0.3 is 0 Å². The molecular formula is C24H32N4O3. The first-order chi connectivity index (χ1) is 15.0. The maximum absolute atomic E-state index is 13.2. The van der Waals surface area contributed by atoms with Gasteiger partial charge in [0.25, 0.3) is 5.91 Å². The molecule has 4 aliphatic rings. The molecule has 5 rings (SSSR count). The Kier molecular flexibility index (Phi) is 5.46. The van der Waals surface area contributed by atoms with Gasteiger partial charge in [-0.3, -0.25) is 19.3 Å². The molecule has 0 bridgehead atoms. The summed E-state index contributed by atoms with van der Waals surface area (Å²) in [6.45, 7) is 4.66. The van der Waals surface area contributed by atoms with Crippen LogP contribution < -0.4 is 5.32 Å². The molecule has 7 nitrogen and oxygen atoms in total. The lowest BCUT2D eigenvalue weighted by molar-refractivity contribution is -0.138. The Hall–Kier alpha value is -2.41. The molecule has 1 aromatic rings. The molecule has 1 N–H and O–H groups in total. The minimum Gasteiger partial charge on any atom is -0.342 e. The number of hydrogen-bond acceptors (Lipinski definition) is 4. The third kappa shape index (κ3) is 4.20. The standard InChI is InChI=1S/C24H32N4O3/c29-21(26-12-1-2-13-26)16-28-15-11-24(28)10-3-14-27(17-24)23(31)19-6-8-20(9-7-19)25-22(30)18-4-5-18/h6-9,18H,1-5,10-17H2,(H,25,30). The fraction of sp³-hybridized carbons (Fsp3) is 0.625. The molecule has 4 fully saturated rings. The van der Waals surface area contributed by atoms with Gasteiger partial charge in [0.05, 0.1) is 6.54 Å². The second-order valence-electron chi connectivity index (χ2n) is 9.65. The number of hydrogen-bond donors (Lipinski definition) is 1. The predicted octanol–water partition coefficient (Wildman–Crippen LogP) is 2.34. The third-order valence-electron chi connectivity index (χ3n) is 7.49. The molecule has 3 saturated heterocycles. The van der Waals surface area contributed by atoms with E-state index in [2.05, 4.69) is 10.2 Å². The average molecular weight is 425 g/mol. The molecule has 3 amide bonds. The smallest absolute Gasteiger partial charge is 0.253 e. The number of anilines is 1. The quantitative estimate of drug-likeness (QED) is 0.788. The summed E-state index contributed by atoms with van der Waals surface area (Å²) >= 11 is 0. The summed E-state index contributed by atoms with van der Waals surface area (Å²) in [5.74, 6) is 0.514. The first-order valence-corrected chi connectivity index (χ1v) is 11.8. The molecule has 1 spiro atoms. The monoisotopic (exact) mass is 424 g/mol. The molecule has 1 unspecified atom stereocenters. The minimum atomic E-state index is -0.0402. The molecule has 166 valence electrons. The zero-order valence-corrected chi connectivity index (χ0v) is 18.1. The number of nitrogens with zero attached hydrogens (tertiary/aromatic N) is 3. The summed E-state index contributed by atoms with van der Waals surface area (Å²) in [5, 5.41) is 2.92. The molecule has 31 heavy (non-hydrogen) atoms. The van der Waals surface area contributed by atoms with Gasteiger partial charge in [0.1, 0.15) is 0 Å². The molecule has 0 aromatic heterocycles. The van der Waals surface area contributed by atoms with E-state index in [4.69, 9.17) is 0 Å². The highest BCUT2D eigenvalue weighted by atomic mass is 16.2. The van der Waals surface area contributed by atoms with E-state index in [1.54, 1.807) is 0 Å². The first-order valence-electron chi connectivity index (χ1n) is 11.8. The molecular weight excluding hydrogens is 392 g/mol. The molecule has 1 aliphatic carbocycles. The number of piperidine rings is 1. The van der Waals surface area contributed by atoms with E-state index in [1.165, 1.54) is 0 Å². The zero-order valence-electron chi connectivity index (χ0n) is 18.1. The zero-order chi connectivity index (χ0) is 21.4. The van der Waals surface area contributed by atoms with Gasteiger partial charge in [-0.05, 0) is 69.2 Å². The van der Waals surface area contributed by atoms with Crippen LogP contribution in [0, 0.1) is 5.92 Å². The second-order valence-corrected chi connectivity index (χ2v) is 9.65. The molecule has 1 atom stereocenters. The van der Waals surface area contributed by atoms with Crippen molar-refractivity contribution in [1.29, 1.82) is 0 Å². The lowest BCUT2D eigenvalue weighted by atomic mass is 9.77. The maximum atomic E-state index is 13.2. The van der Waals surface area contributed by atoms with Crippen LogP contribution in [-0.2, 0) is 9.59 Å². The molecule has 1 aromatic carbocycles. The van der Waals surface area contributed by atoms with E-state index in [0.29, 0.717) is 18.7 Å². The van der Waals surface area contributed by atoms with Crippen molar-refractivity contribution in [3.05, 3.63) is 29.8 Å². The molecule has 1 saturated carbocycles. The van der Waals surface area contributed by atoms with E-state index in [9.17, 15) is 14.4 Å². The summed E-state index contributed by atoms with van der Waals surface area (Å²) in [7, 11) is 0. The predicted molar refractivity (Wildman–Crippen MR) is 118 cm³/mol. The lowest BCUT2D eigenvalue weighted by Gasteiger charge is -2.57. The summed E-state index contributed by atoms with van der Waals surface area (Å²) in [5.41, 5.74) is 1.36. The number of carbonyl (C=O) groups excluding carboxylic acids is 3. The van der Waals surface area contributed by atoms with Crippen molar-refractivity contribution >= 4 is 23.4 Å². The van der Waals surface area contributed by atoms with Crippen LogP contribution in [0.2, 0.25) is 0 Å². The van der Waals surface area contributed by atoms with Gasteiger partial charge in [-0.25, -0.2) is 0 Å². The fourth-order valence-electron chi connectivity index (χ4n) is 5.28. The fourth-order valence-corrected chi connectivity index (χ4v) is 5.28. The SMILES string of the molecule is O=C(Nc1ccc(C(=O)N2CCCC3(CCN3CC(=O)N3CCCC3)C2)cc1)C1CC1. The molecule has 7 heteroatoms. The van der Waals surface area contributed by atoms with Gasteiger partial charge < -0.3 is 15.1 Å². The van der Waals surface area contributed by atoms with Crippen molar-refractivity contribution in [3.63, 3.8) is 0 Å². The van der Waals surface area contributed by atoms with Crippen molar-refractivity contribution < 1.29 is 14.4 Å². The number of likely N-dealkylation sites (tertiary alicyclic amines) is 3. The van der Waals surface area contributed by atoms with E-state index in [0.717, 1.165) is 76.8 Å². The number of rotatable bonds is 5. The summed E-state index contributed by atoms with van der Waals surface area (Å²) in [6, 6.07) is 7.25. The Labute approximate surface area is 183 Å². The van der Waals surface area contributed by atoms with Crippen LogP contribution in [0.3, 0.4) is 0 Å². The van der Waals surface area contributed by atoms with Crippen molar-refractivity contribution in [1.82, 2.24) is 14.7 Å². The van der Waals surface area contributed by atoms with Crippen LogP contribution in [0.5, 0.6) is 0 Å². The van der Waals surface area contributed by atoms with Crippen LogP contribution in [0.15, 0.2) is 24.3 Å². The molecule has 0 radical (unpaired) electrons. The van der Waals surface area contributed by atoms with E-state index in [1.807, 2.05) is 34.1 Å². The Bertz CT molecular complexity index is 860. The van der Waals surface area contributed by atoms with Crippen LogP contribution >= 0.6 is 0 Å². The van der Waals surface area contributed by atoms with E-state index < -0.39 is 0 Å². The third-order valence-corrected chi connectivity index (χ3v) is 7.49. The summed E-state index contributed by atoms with van der Waals surface area (Å²) in [4.78, 5) is 44.0. The molecule has 3 heterocycles. The van der Waals surface area contributed by atoms with Gasteiger partial charge in [-0.15, -0.1) is 0 Å². The first kappa shape index (κ1) is 20.5. The summed E-state index contributed by atoms with van der Waals surface area (Å²) < 4.78 is 0. The van der Waals surface area contributed by atoms with Crippen LogP contribution in [0.25, 0.3) is 0 Å². The lowest BCUT2D eigenvalue weighted by Crippen LogP contribution is -2.68. The Morgan fingerprint density at radius 1 is 0.903 bits per heavy atom. The van der Waals surface area contributed by atoms with Gasteiger partial charge in [-0.2, -0.15) is 0 Å². The topological polar surface area (TPSA) is 73.0 Å². The average Bonchev–Trinajstić information content (AvgIpc) is 3.51. The number of nitrogens with one attached hydrogen (secondary N) is 1. The maximum Gasteiger partial charge on any atom is 0.253 e. The minimum absolute atomic E-state index is 0.0388. The number of amides is 3. The highest BCUT2D eigenvalue weighted by molar-refractivity contribution is 5.97. The van der Waals surface area contributed by atoms with Gasteiger partial charge in [-0.1, -0.05) is 0 Å². The number of benzene rings is 1. The Balaban J connectivity index is 1.20. The largest absolute Gasteiger partial charge is 0.342 e. The van der Waals surface area contributed by atoms with Gasteiger partial charge in [0.2, 0.25) is 11.8 Å². The van der Waals surface area contributed by atoms with Crippen LogP contribution in [0.1, 0.15) is 55.3 Å². The molecule has 3 aliphatic heterocycles.